The Balaban J connectivity index is 1.88. The Morgan fingerprint density at radius 1 is 1.24 bits per heavy atom. The number of rotatable bonds is 7. The molecule has 0 aliphatic rings. The van der Waals surface area contributed by atoms with Gasteiger partial charge in [-0.3, -0.25) is 4.79 Å². The molecule has 25 heavy (non-hydrogen) atoms. The number of carbonyl (C=O) groups is 2. The van der Waals surface area contributed by atoms with E-state index in [9.17, 15) is 18.4 Å². The molecule has 1 aromatic carbocycles. The quantitative estimate of drug-likeness (QED) is 0.803. The maximum Gasteiger partial charge on any atom is 0.335 e. The van der Waals surface area contributed by atoms with Crippen molar-refractivity contribution in [3.8, 4) is 0 Å². The predicted molar refractivity (Wildman–Crippen MR) is 86.8 cm³/mol. The third-order valence-corrected chi connectivity index (χ3v) is 3.93. The van der Waals surface area contributed by atoms with Crippen LogP contribution >= 0.6 is 0 Å². The Morgan fingerprint density at radius 2 is 1.88 bits per heavy atom. The summed E-state index contributed by atoms with van der Waals surface area (Å²) in [6.07, 6.45) is 0.530. The maximum absolute atomic E-state index is 12.8. The maximum atomic E-state index is 12.8. The first-order chi connectivity index (χ1) is 11.8. The van der Waals surface area contributed by atoms with Gasteiger partial charge < -0.3 is 10.4 Å². The van der Waals surface area contributed by atoms with Crippen LogP contribution in [0.2, 0.25) is 0 Å². The van der Waals surface area contributed by atoms with Gasteiger partial charge in [0.15, 0.2) is 0 Å². The molecule has 1 amide bonds. The lowest BCUT2D eigenvalue weighted by molar-refractivity contribution is -0.120. The van der Waals surface area contributed by atoms with Crippen LogP contribution in [0.25, 0.3) is 0 Å². The summed E-state index contributed by atoms with van der Waals surface area (Å²) in [6, 6.07) is 6.39. The third kappa shape index (κ3) is 4.62. The van der Waals surface area contributed by atoms with Gasteiger partial charge in [-0.2, -0.15) is 13.9 Å². The van der Waals surface area contributed by atoms with Gasteiger partial charge in [0.2, 0.25) is 5.91 Å². The van der Waals surface area contributed by atoms with E-state index < -0.39 is 12.5 Å². The number of carboxylic acid groups (broad SMARTS) is 1. The second kappa shape index (κ2) is 7.87. The number of nitrogens with zero attached hydrogens (tertiary/aromatic N) is 2. The molecule has 2 N–H and O–H groups in total. The number of nitrogens with one attached hydrogen (secondary N) is 1. The number of alkyl halides is 2. The molecule has 0 aliphatic carbocycles. The Hall–Kier alpha value is -2.77. The summed E-state index contributed by atoms with van der Waals surface area (Å²) >= 11 is 0. The zero-order valence-electron chi connectivity index (χ0n) is 13.9. The number of carboxylic acids is 1. The van der Waals surface area contributed by atoms with E-state index in [0.717, 1.165) is 5.56 Å². The molecule has 0 fully saturated rings. The number of carbonyl (C=O) groups excluding carboxylic acids is 1. The van der Waals surface area contributed by atoms with Gasteiger partial charge in [0.25, 0.3) is 0 Å². The van der Waals surface area contributed by atoms with E-state index in [2.05, 4.69) is 10.4 Å². The van der Waals surface area contributed by atoms with Crippen molar-refractivity contribution in [2.45, 2.75) is 33.2 Å². The average Bonchev–Trinajstić information content (AvgIpc) is 2.83. The van der Waals surface area contributed by atoms with E-state index in [0.29, 0.717) is 28.9 Å². The van der Waals surface area contributed by atoms with E-state index in [1.807, 2.05) is 0 Å². The Morgan fingerprint density at radius 3 is 2.40 bits per heavy atom. The SMILES string of the molecule is Cc1nn(C(F)F)c(C)c1CC(=O)NCCc1ccc(C(=O)O)cc1. The molecular formula is C17H19F2N3O3. The predicted octanol–water partition coefficient (Wildman–Crippen LogP) is 2.49. The Bertz CT molecular complexity index is 770. The zero-order valence-corrected chi connectivity index (χ0v) is 13.9. The molecule has 0 bridgehead atoms. The average molecular weight is 351 g/mol. The highest BCUT2D eigenvalue weighted by atomic mass is 19.3. The van der Waals surface area contributed by atoms with Crippen LogP contribution < -0.4 is 5.32 Å². The van der Waals surface area contributed by atoms with Gasteiger partial charge in [-0.05, 0) is 38.0 Å². The molecule has 6 nitrogen and oxygen atoms in total. The molecule has 0 saturated carbocycles. The molecule has 0 aliphatic heterocycles. The molecule has 1 aromatic heterocycles. The van der Waals surface area contributed by atoms with Gasteiger partial charge in [0.05, 0.1) is 17.7 Å². The van der Waals surface area contributed by atoms with Crippen LogP contribution in [-0.4, -0.2) is 33.3 Å². The van der Waals surface area contributed by atoms with Crippen LogP contribution in [0.15, 0.2) is 24.3 Å². The number of halogens is 2. The van der Waals surface area contributed by atoms with Gasteiger partial charge in [-0.25, -0.2) is 9.48 Å². The summed E-state index contributed by atoms with van der Waals surface area (Å²) in [6.45, 7) is 0.744. The molecular weight excluding hydrogens is 332 g/mol. The molecule has 0 radical (unpaired) electrons. The standard InChI is InChI=1S/C17H19F2N3O3/c1-10-14(11(2)22(21-10)17(18)19)9-15(23)20-8-7-12-3-5-13(6-4-12)16(24)25/h3-6,17H,7-9H2,1-2H3,(H,20,23)(H,24,25). The Labute approximate surface area is 143 Å². The summed E-state index contributed by atoms with van der Waals surface area (Å²) in [5.74, 6) is -1.27. The smallest absolute Gasteiger partial charge is 0.335 e. The van der Waals surface area contributed by atoms with E-state index >= 15 is 0 Å². The lowest BCUT2D eigenvalue weighted by Crippen LogP contribution is -2.27. The monoisotopic (exact) mass is 351 g/mol. The molecule has 0 unspecified atom stereocenters. The summed E-state index contributed by atoms with van der Waals surface area (Å²) in [5, 5.41) is 15.3. The van der Waals surface area contributed by atoms with Crippen LogP contribution in [0.3, 0.4) is 0 Å². The minimum atomic E-state index is -2.73. The van der Waals surface area contributed by atoms with Crippen LogP contribution in [0.1, 0.15) is 39.4 Å². The summed E-state index contributed by atoms with van der Waals surface area (Å²) in [7, 11) is 0. The third-order valence-electron chi connectivity index (χ3n) is 3.93. The largest absolute Gasteiger partial charge is 0.478 e. The second-order valence-corrected chi connectivity index (χ2v) is 5.65. The van der Waals surface area contributed by atoms with E-state index in [-0.39, 0.29) is 23.6 Å². The van der Waals surface area contributed by atoms with Crippen molar-refractivity contribution in [2.24, 2.45) is 0 Å². The minimum absolute atomic E-state index is 0.0116. The van der Waals surface area contributed by atoms with Gasteiger partial charge in [-0.15, -0.1) is 0 Å². The van der Waals surface area contributed by atoms with Gasteiger partial charge in [0.1, 0.15) is 0 Å². The topological polar surface area (TPSA) is 84.2 Å². The molecule has 0 atom stereocenters. The molecule has 8 heteroatoms. The first kappa shape index (κ1) is 18.6. The van der Waals surface area contributed by atoms with Crippen LogP contribution in [-0.2, 0) is 17.6 Å². The number of benzene rings is 1. The normalized spacial score (nSPS) is 10.9. The number of hydrogen-bond acceptors (Lipinski definition) is 3. The molecule has 134 valence electrons. The molecule has 2 aromatic rings. The number of hydrogen-bond donors (Lipinski definition) is 2. The van der Waals surface area contributed by atoms with Crippen molar-refractivity contribution >= 4 is 11.9 Å². The van der Waals surface area contributed by atoms with Crippen LogP contribution in [0.4, 0.5) is 8.78 Å². The number of amides is 1. The van der Waals surface area contributed by atoms with E-state index in [4.69, 9.17) is 5.11 Å². The lowest BCUT2D eigenvalue weighted by atomic mass is 10.1. The Kier molecular flexibility index (Phi) is 5.84. The number of aromatic nitrogens is 2. The molecule has 1 heterocycles. The first-order valence-corrected chi connectivity index (χ1v) is 7.71. The summed E-state index contributed by atoms with van der Waals surface area (Å²) in [4.78, 5) is 22.8. The molecule has 2 rings (SSSR count). The zero-order chi connectivity index (χ0) is 18.6. The van der Waals surface area contributed by atoms with Crippen molar-refractivity contribution in [3.05, 3.63) is 52.3 Å². The fraction of sp³-hybridized carbons (Fsp3) is 0.353. The summed E-state index contributed by atoms with van der Waals surface area (Å²) in [5.41, 5.74) is 2.30. The van der Waals surface area contributed by atoms with Crippen molar-refractivity contribution < 1.29 is 23.5 Å². The minimum Gasteiger partial charge on any atom is -0.478 e. The lowest BCUT2D eigenvalue weighted by Gasteiger charge is -2.07. The first-order valence-electron chi connectivity index (χ1n) is 7.71. The van der Waals surface area contributed by atoms with Gasteiger partial charge in [-0.1, -0.05) is 12.1 Å². The fourth-order valence-electron chi connectivity index (χ4n) is 2.53. The molecule has 0 spiro atoms. The number of aromatic carboxylic acids is 1. The van der Waals surface area contributed by atoms with Crippen molar-refractivity contribution in [3.63, 3.8) is 0 Å². The van der Waals surface area contributed by atoms with Crippen LogP contribution in [0.5, 0.6) is 0 Å². The highest BCUT2D eigenvalue weighted by molar-refractivity contribution is 5.87. The summed E-state index contributed by atoms with van der Waals surface area (Å²) < 4.78 is 26.2. The van der Waals surface area contributed by atoms with Crippen molar-refractivity contribution in [1.29, 1.82) is 0 Å². The second-order valence-electron chi connectivity index (χ2n) is 5.65. The van der Waals surface area contributed by atoms with Crippen molar-refractivity contribution in [2.75, 3.05) is 6.54 Å². The van der Waals surface area contributed by atoms with Gasteiger partial charge >= 0.3 is 12.5 Å². The molecule has 0 saturated heterocycles. The van der Waals surface area contributed by atoms with E-state index in [1.165, 1.54) is 19.1 Å². The number of aryl methyl sites for hydroxylation is 1. The van der Waals surface area contributed by atoms with Gasteiger partial charge in [0, 0.05) is 17.8 Å². The van der Waals surface area contributed by atoms with Crippen molar-refractivity contribution in [1.82, 2.24) is 15.1 Å². The van der Waals surface area contributed by atoms with E-state index in [1.54, 1.807) is 19.1 Å². The highest BCUT2D eigenvalue weighted by Crippen LogP contribution is 2.19. The fourth-order valence-corrected chi connectivity index (χ4v) is 2.53. The highest BCUT2D eigenvalue weighted by Gasteiger charge is 2.19. The van der Waals surface area contributed by atoms with Crippen LogP contribution in [0, 0.1) is 13.8 Å².